The summed E-state index contributed by atoms with van der Waals surface area (Å²) in [5.74, 6) is -3.60. The molecule has 0 saturated carbocycles. The summed E-state index contributed by atoms with van der Waals surface area (Å²) in [6.07, 6.45) is -1.87. The van der Waals surface area contributed by atoms with E-state index in [4.69, 9.17) is 14.5 Å². The number of alkyl halides is 1. The van der Waals surface area contributed by atoms with Crippen LogP contribution in [0.1, 0.15) is 54.6 Å². The number of nitrogens with one attached hydrogen (secondary N) is 1. The lowest BCUT2D eigenvalue weighted by atomic mass is 9.78. The average Bonchev–Trinajstić information content (AvgIpc) is 2.95. The summed E-state index contributed by atoms with van der Waals surface area (Å²) in [4.78, 5) is 31.6. The third-order valence-electron chi connectivity index (χ3n) is 7.28. The number of hydrogen-bond donors (Lipinski definition) is 1. The molecule has 3 aromatic carbocycles. The number of ether oxygens (including phenoxy) is 2. The van der Waals surface area contributed by atoms with Crippen LogP contribution < -0.4 is 10.1 Å². The second kappa shape index (κ2) is 13.6. The van der Waals surface area contributed by atoms with Gasteiger partial charge in [-0.15, -0.1) is 0 Å². The van der Waals surface area contributed by atoms with Gasteiger partial charge in [-0.1, -0.05) is 60.1 Å². The lowest BCUT2D eigenvalue weighted by Gasteiger charge is -2.31. The Morgan fingerprint density at radius 1 is 1.09 bits per heavy atom. The van der Waals surface area contributed by atoms with Crippen molar-refractivity contribution in [3.63, 3.8) is 0 Å². The van der Waals surface area contributed by atoms with Crippen LogP contribution in [0.15, 0.2) is 65.1 Å². The van der Waals surface area contributed by atoms with Gasteiger partial charge >= 0.3 is 5.97 Å². The summed E-state index contributed by atoms with van der Waals surface area (Å²) >= 11 is 3.47. The molecular weight excluding hydrogens is 625 g/mol. The zero-order valence-corrected chi connectivity index (χ0v) is 25.9. The lowest BCUT2D eigenvalue weighted by Crippen LogP contribution is -2.41. The molecule has 0 aliphatic rings. The number of pyridine rings is 1. The molecule has 43 heavy (non-hydrogen) atoms. The van der Waals surface area contributed by atoms with Gasteiger partial charge in [0.2, 0.25) is 6.36 Å². The lowest BCUT2D eigenvalue weighted by molar-refractivity contribution is -0.159. The Labute approximate surface area is 256 Å². The van der Waals surface area contributed by atoms with E-state index in [1.807, 2.05) is 36.4 Å². The molecule has 4 rings (SSSR count). The highest BCUT2D eigenvalue weighted by atomic mass is 79.9. The number of fused-ring (bicyclic) bond motifs is 1. The number of amides is 1. The summed E-state index contributed by atoms with van der Waals surface area (Å²) in [6, 6.07) is 16.5. The SMILES string of the molecule is CCCC(F)OC(=O)CC(C)(CNC(=O)c1c(C)c(-c2ccccc2)nc2ccc(Br)cc12)c1cc(F)cc(F)c1OC. The Morgan fingerprint density at radius 3 is 2.49 bits per heavy atom. The predicted molar refractivity (Wildman–Crippen MR) is 163 cm³/mol. The number of rotatable bonds is 11. The van der Waals surface area contributed by atoms with E-state index in [0.29, 0.717) is 40.2 Å². The maximum Gasteiger partial charge on any atom is 0.309 e. The molecule has 0 radical (unpaired) electrons. The van der Waals surface area contributed by atoms with Crippen molar-refractivity contribution in [3.05, 3.63) is 93.5 Å². The van der Waals surface area contributed by atoms with Crippen LogP contribution in [0.3, 0.4) is 0 Å². The molecular formula is C33H32BrF3N2O4. The van der Waals surface area contributed by atoms with Crippen molar-refractivity contribution in [2.45, 2.75) is 51.8 Å². The van der Waals surface area contributed by atoms with Crippen molar-refractivity contribution in [1.82, 2.24) is 10.3 Å². The summed E-state index contributed by atoms with van der Waals surface area (Å²) in [6.45, 7) is 4.80. The standard InChI is InChI=1S/C33H32BrF3N2O4/c1-5-9-27(37)43-28(40)17-33(3,24-15-22(35)16-25(36)31(24)42-4)18-38-32(41)29-19(2)30(20-10-7-6-8-11-20)39-26-13-12-21(34)14-23(26)29/h6-8,10-16,27H,5,9,17-18H2,1-4H3,(H,38,41). The van der Waals surface area contributed by atoms with Crippen LogP contribution in [0.4, 0.5) is 13.2 Å². The van der Waals surface area contributed by atoms with E-state index in [9.17, 15) is 22.8 Å². The highest BCUT2D eigenvalue weighted by Gasteiger charge is 2.36. The third kappa shape index (κ3) is 7.18. The fourth-order valence-corrected chi connectivity index (χ4v) is 5.48. The molecule has 2 atom stereocenters. The Kier molecular flexibility index (Phi) is 10.1. The van der Waals surface area contributed by atoms with Gasteiger partial charge < -0.3 is 14.8 Å². The summed E-state index contributed by atoms with van der Waals surface area (Å²) in [7, 11) is 1.21. The number of halogens is 4. The second-order valence-electron chi connectivity index (χ2n) is 10.6. The maximum atomic E-state index is 14.8. The van der Waals surface area contributed by atoms with Gasteiger partial charge in [0.25, 0.3) is 5.91 Å². The van der Waals surface area contributed by atoms with Gasteiger partial charge in [-0.25, -0.2) is 18.2 Å². The van der Waals surface area contributed by atoms with Gasteiger partial charge in [0.1, 0.15) is 5.82 Å². The molecule has 4 aromatic rings. The minimum absolute atomic E-state index is 0.00477. The number of benzene rings is 3. The molecule has 0 aliphatic carbocycles. The Balaban J connectivity index is 1.77. The summed E-state index contributed by atoms with van der Waals surface area (Å²) in [5, 5.41) is 3.44. The number of carbonyl (C=O) groups is 2. The molecule has 6 nitrogen and oxygen atoms in total. The first kappa shape index (κ1) is 32.0. The monoisotopic (exact) mass is 656 g/mol. The first-order valence-electron chi connectivity index (χ1n) is 13.8. The quantitative estimate of drug-likeness (QED) is 0.166. The minimum Gasteiger partial charge on any atom is -0.493 e. The van der Waals surface area contributed by atoms with E-state index in [2.05, 4.69) is 21.2 Å². The maximum absolute atomic E-state index is 14.8. The van der Waals surface area contributed by atoms with Gasteiger partial charge in [0.05, 0.1) is 30.3 Å². The van der Waals surface area contributed by atoms with Crippen molar-refractivity contribution in [1.29, 1.82) is 0 Å². The summed E-state index contributed by atoms with van der Waals surface area (Å²) < 4.78 is 54.3. The van der Waals surface area contributed by atoms with Crippen molar-refractivity contribution >= 4 is 38.7 Å². The smallest absolute Gasteiger partial charge is 0.309 e. The minimum atomic E-state index is -1.83. The van der Waals surface area contributed by atoms with Crippen LogP contribution in [0.25, 0.3) is 22.2 Å². The third-order valence-corrected chi connectivity index (χ3v) is 7.77. The molecule has 0 aliphatic heterocycles. The van der Waals surface area contributed by atoms with E-state index in [1.165, 1.54) is 14.0 Å². The molecule has 0 spiro atoms. The van der Waals surface area contributed by atoms with E-state index in [1.54, 1.807) is 26.0 Å². The van der Waals surface area contributed by atoms with Crippen LogP contribution in [0.5, 0.6) is 5.75 Å². The number of aromatic nitrogens is 1. The second-order valence-corrected chi connectivity index (χ2v) is 11.5. The molecule has 0 saturated heterocycles. The van der Waals surface area contributed by atoms with Gasteiger partial charge in [-0.2, -0.15) is 0 Å². The van der Waals surface area contributed by atoms with Crippen molar-refractivity contribution < 1.29 is 32.2 Å². The molecule has 226 valence electrons. The van der Waals surface area contributed by atoms with Crippen LogP contribution >= 0.6 is 15.9 Å². The van der Waals surface area contributed by atoms with Crippen LogP contribution in [-0.4, -0.2) is 36.9 Å². The van der Waals surface area contributed by atoms with E-state index >= 15 is 0 Å². The van der Waals surface area contributed by atoms with Crippen molar-refractivity contribution in [3.8, 4) is 17.0 Å². The van der Waals surface area contributed by atoms with Crippen LogP contribution in [0.2, 0.25) is 0 Å². The number of esters is 1. The fourth-order valence-electron chi connectivity index (χ4n) is 5.12. The summed E-state index contributed by atoms with van der Waals surface area (Å²) in [5.41, 5.74) is 1.52. The molecule has 1 amide bonds. The first-order chi connectivity index (χ1) is 20.5. The van der Waals surface area contributed by atoms with E-state index < -0.39 is 41.7 Å². The Bertz CT molecular complexity index is 1650. The molecule has 0 bridgehead atoms. The Hall–Kier alpha value is -3.92. The highest BCUT2D eigenvalue weighted by Crippen LogP contribution is 2.38. The van der Waals surface area contributed by atoms with E-state index in [0.717, 1.165) is 16.1 Å². The largest absolute Gasteiger partial charge is 0.493 e. The average molecular weight is 658 g/mol. The first-order valence-corrected chi connectivity index (χ1v) is 14.6. The molecule has 0 fully saturated rings. The number of hydrogen-bond acceptors (Lipinski definition) is 5. The molecule has 1 N–H and O–H groups in total. The van der Waals surface area contributed by atoms with E-state index in [-0.39, 0.29) is 24.3 Å². The zero-order chi connectivity index (χ0) is 31.3. The normalized spacial score (nSPS) is 13.3. The number of nitrogens with zero attached hydrogens (tertiary/aromatic N) is 1. The van der Waals surface area contributed by atoms with Gasteiger partial charge in [0.15, 0.2) is 11.6 Å². The molecule has 2 unspecified atom stereocenters. The Morgan fingerprint density at radius 2 is 1.81 bits per heavy atom. The zero-order valence-electron chi connectivity index (χ0n) is 24.3. The van der Waals surface area contributed by atoms with Crippen LogP contribution in [-0.2, 0) is 14.9 Å². The van der Waals surface area contributed by atoms with Crippen molar-refractivity contribution in [2.24, 2.45) is 0 Å². The molecule has 10 heteroatoms. The topological polar surface area (TPSA) is 77.5 Å². The highest BCUT2D eigenvalue weighted by molar-refractivity contribution is 9.10. The number of carbonyl (C=O) groups excluding carboxylic acids is 2. The van der Waals surface area contributed by atoms with Gasteiger partial charge in [-0.3, -0.25) is 9.59 Å². The van der Waals surface area contributed by atoms with Gasteiger partial charge in [-0.05, 0) is 43.2 Å². The number of methoxy groups -OCH3 is 1. The molecule has 1 aromatic heterocycles. The van der Waals surface area contributed by atoms with Crippen LogP contribution in [0, 0.1) is 18.6 Å². The van der Waals surface area contributed by atoms with Crippen molar-refractivity contribution in [2.75, 3.05) is 13.7 Å². The predicted octanol–water partition coefficient (Wildman–Crippen LogP) is 7.98. The molecule has 1 heterocycles. The fraction of sp³-hybridized carbons (Fsp3) is 0.303. The van der Waals surface area contributed by atoms with Gasteiger partial charge in [0, 0.05) is 45.4 Å².